The third-order valence-corrected chi connectivity index (χ3v) is 3.38. The first kappa shape index (κ1) is 16.2. The summed E-state index contributed by atoms with van der Waals surface area (Å²) in [5.74, 6) is 1.41. The zero-order chi connectivity index (χ0) is 15.9. The van der Waals surface area contributed by atoms with E-state index in [2.05, 4.69) is 34.7 Å². The van der Waals surface area contributed by atoms with Crippen molar-refractivity contribution >= 4 is 29.1 Å². The van der Waals surface area contributed by atoms with Gasteiger partial charge in [0, 0.05) is 6.54 Å². The molecule has 0 aliphatic heterocycles. The zero-order valence-electron chi connectivity index (χ0n) is 12.6. The molecule has 2 rings (SSSR count). The number of carbonyl (C=O) groups excluding carboxylic acids is 1. The van der Waals surface area contributed by atoms with Crippen molar-refractivity contribution < 1.29 is 4.79 Å². The Labute approximate surface area is 135 Å². The second-order valence-electron chi connectivity index (χ2n) is 5.35. The molecule has 0 aliphatic rings. The molecule has 0 bridgehead atoms. The summed E-state index contributed by atoms with van der Waals surface area (Å²) >= 11 is 5.99. The summed E-state index contributed by atoms with van der Waals surface area (Å²) in [5, 5.41) is 14.3. The van der Waals surface area contributed by atoms with E-state index in [1.54, 1.807) is 36.4 Å². The topological polar surface area (TPSA) is 66.9 Å². The summed E-state index contributed by atoms with van der Waals surface area (Å²) in [4.78, 5) is 12.1. The van der Waals surface area contributed by atoms with Gasteiger partial charge in [-0.25, -0.2) is 0 Å². The molecule has 0 saturated heterocycles. The third-order valence-electron chi connectivity index (χ3n) is 3.05. The fourth-order valence-electron chi connectivity index (χ4n) is 1.81. The highest BCUT2D eigenvalue weighted by molar-refractivity contribution is 6.34. The molecule has 0 atom stereocenters. The van der Waals surface area contributed by atoms with Crippen molar-refractivity contribution in [2.45, 2.75) is 20.3 Å². The number of hydrogen-bond acceptors (Lipinski definition) is 4. The van der Waals surface area contributed by atoms with Crippen molar-refractivity contribution in [1.82, 2.24) is 10.2 Å². The summed E-state index contributed by atoms with van der Waals surface area (Å²) in [5.41, 5.74) is 0.408. The van der Waals surface area contributed by atoms with Gasteiger partial charge in [-0.3, -0.25) is 4.79 Å². The Balaban J connectivity index is 1.94. The van der Waals surface area contributed by atoms with Gasteiger partial charge in [0.25, 0.3) is 5.91 Å². The molecule has 1 aromatic heterocycles. The average molecular weight is 319 g/mol. The highest BCUT2D eigenvalue weighted by Gasteiger charge is 2.10. The van der Waals surface area contributed by atoms with Crippen molar-refractivity contribution in [3.8, 4) is 0 Å². The maximum Gasteiger partial charge on any atom is 0.258 e. The largest absolute Gasteiger partial charge is 0.369 e. The predicted molar refractivity (Wildman–Crippen MR) is 89.4 cm³/mol. The Hall–Kier alpha value is -2.14. The molecule has 1 aromatic carbocycles. The van der Waals surface area contributed by atoms with Gasteiger partial charge in [-0.1, -0.05) is 37.6 Å². The van der Waals surface area contributed by atoms with E-state index in [4.69, 9.17) is 11.6 Å². The molecule has 22 heavy (non-hydrogen) atoms. The van der Waals surface area contributed by atoms with Crippen LogP contribution in [0.1, 0.15) is 30.6 Å². The average Bonchev–Trinajstić information content (AvgIpc) is 2.49. The summed E-state index contributed by atoms with van der Waals surface area (Å²) in [7, 11) is 0. The van der Waals surface area contributed by atoms with Crippen LogP contribution in [0.25, 0.3) is 0 Å². The molecule has 2 aromatic rings. The Bertz CT molecular complexity index is 628. The number of rotatable bonds is 6. The van der Waals surface area contributed by atoms with Crippen LogP contribution in [-0.2, 0) is 0 Å². The number of amides is 1. The number of carbonyl (C=O) groups is 1. The van der Waals surface area contributed by atoms with Gasteiger partial charge in [-0.05, 0) is 36.6 Å². The number of nitrogens with one attached hydrogen (secondary N) is 2. The van der Waals surface area contributed by atoms with Crippen LogP contribution in [0, 0.1) is 5.92 Å². The van der Waals surface area contributed by atoms with Crippen molar-refractivity contribution in [1.29, 1.82) is 0 Å². The van der Waals surface area contributed by atoms with E-state index in [1.165, 1.54) is 0 Å². The van der Waals surface area contributed by atoms with E-state index < -0.39 is 0 Å². The molecule has 0 saturated carbocycles. The normalized spacial score (nSPS) is 10.5. The second kappa shape index (κ2) is 7.75. The molecule has 6 heteroatoms. The van der Waals surface area contributed by atoms with E-state index in [-0.39, 0.29) is 5.91 Å². The van der Waals surface area contributed by atoms with Crippen LogP contribution in [0.2, 0.25) is 5.02 Å². The van der Waals surface area contributed by atoms with Crippen molar-refractivity contribution in [3.63, 3.8) is 0 Å². The van der Waals surface area contributed by atoms with E-state index in [0.29, 0.717) is 28.1 Å². The quantitative estimate of drug-likeness (QED) is 0.849. The lowest BCUT2D eigenvalue weighted by Gasteiger charge is -2.08. The number of aromatic nitrogens is 2. The molecule has 0 fully saturated rings. The van der Waals surface area contributed by atoms with Gasteiger partial charge in [-0.2, -0.15) is 0 Å². The molecule has 5 nitrogen and oxygen atoms in total. The Morgan fingerprint density at radius 3 is 2.45 bits per heavy atom. The lowest BCUT2D eigenvalue weighted by Crippen LogP contribution is -2.14. The molecule has 0 spiro atoms. The number of anilines is 2. The molecular weight excluding hydrogens is 300 g/mol. The summed E-state index contributed by atoms with van der Waals surface area (Å²) in [6, 6.07) is 10.4. The van der Waals surface area contributed by atoms with Gasteiger partial charge in [0.05, 0.1) is 10.6 Å². The van der Waals surface area contributed by atoms with E-state index in [1.807, 2.05) is 0 Å². The first-order chi connectivity index (χ1) is 10.6. The Morgan fingerprint density at radius 2 is 1.82 bits per heavy atom. The minimum Gasteiger partial charge on any atom is -0.369 e. The molecule has 1 heterocycles. The standard InChI is InChI=1S/C16H19ClN4O/c1-11(2)9-10-18-14-7-8-15(21-20-14)19-16(22)12-5-3-4-6-13(12)17/h3-8,11H,9-10H2,1-2H3,(H,18,20)(H,19,21,22). The van der Waals surface area contributed by atoms with Crippen molar-refractivity contribution in [3.05, 3.63) is 47.0 Å². The number of halogens is 1. The number of benzene rings is 1. The van der Waals surface area contributed by atoms with Crippen LogP contribution in [0.15, 0.2) is 36.4 Å². The van der Waals surface area contributed by atoms with Gasteiger partial charge in [0.1, 0.15) is 5.82 Å². The Morgan fingerprint density at radius 1 is 1.14 bits per heavy atom. The molecule has 2 N–H and O–H groups in total. The highest BCUT2D eigenvalue weighted by Crippen LogP contribution is 2.16. The predicted octanol–water partition coefficient (Wildman–Crippen LogP) is 3.84. The zero-order valence-corrected chi connectivity index (χ0v) is 13.4. The first-order valence-corrected chi connectivity index (χ1v) is 7.57. The maximum atomic E-state index is 12.1. The summed E-state index contributed by atoms with van der Waals surface area (Å²) in [6.07, 6.45) is 1.06. The van der Waals surface area contributed by atoms with Crippen LogP contribution in [-0.4, -0.2) is 22.6 Å². The van der Waals surface area contributed by atoms with Crippen LogP contribution in [0.5, 0.6) is 0 Å². The maximum absolute atomic E-state index is 12.1. The molecule has 0 unspecified atom stereocenters. The minimum absolute atomic E-state index is 0.305. The Kier molecular flexibility index (Phi) is 5.72. The van der Waals surface area contributed by atoms with Gasteiger partial charge < -0.3 is 10.6 Å². The first-order valence-electron chi connectivity index (χ1n) is 7.19. The van der Waals surface area contributed by atoms with Crippen molar-refractivity contribution in [2.75, 3.05) is 17.2 Å². The van der Waals surface area contributed by atoms with E-state index in [9.17, 15) is 4.79 Å². The highest BCUT2D eigenvalue weighted by atomic mass is 35.5. The van der Waals surface area contributed by atoms with Crippen LogP contribution in [0.4, 0.5) is 11.6 Å². The van der Waals surface area contributed by atoms with Crippen LogP contribution in [0.3, 0.4) is 0 Å². The molecule has 116 valence electrons. The molecule has 0 aliphatic carbocycles. The smallest absolute Gasteiger partial charge is 0.258 e. The monoisotopic (exact) mass is 318 g/mol. The molecule has 0 radical (unpaired) electrons. The molecule has 1 amide bonds. The van der Waals surface area contributed by atoms with Gasteiger partial charge in [0.15, 0.2) is 5.82 Å². The fourth-order valence-corrected chi connectivity index (χ4v) is 2.03. The lowest BCUT2D eigenvalue weighted by atomic mass is 10.1. The fraction of sp³-hybridized carbons (Fsp3) is 0.312. The van der Waals surface area contributed by atoms with Gasteiger partial charge >= 0.3 is 0 Å². The van der Waals surface area contributed by atoms with Gasteiger partial charge in [0.2, 0.25) is 0 Å². The summed E-state index contributed by atoms with van der Waals surface area (Å²) in [6.45, 7) is 5.18. The van der Waals surface area contributed by atoms with Crippen LogP contribution >= 0.6 is 11.6 Å². The molecular formula is C16H19ClN4O. The second-order valence-corrected chi connectivity index (χ2v) is 5.75. The lowest BCUT2D eigenvalue weighted by molar-refractivity contribution is 0.102. The van der Waals surface area contributed by atoms with E-state index in [0.717, 1.165) is 13.0 Å². The third kappa shape index (κ3) is 4.70. The number of hydrogen-bond donors (Lipinski definition) is 2. The van der Waals surface area contributed by atoms with Crippen molar-refractivity contribution in [2.24, 2.45) is 5.92 Å². The summed E-state index contributed by atoms with van der Waals surface area (Å²) < 4.78 is 0. The van der Waals surface area contributed by atoms with E-state index >= 15 is 0 Å². The van der Waals surface area contributed by atoms with Gasteiger partial charge in [-0.15, -0.1) is 10.2 Å². The number of nitrogens with zero attached hydrogens (tertiary/aromatic N) is 2. The SMILES string of the molecule is CC(C)CCNc1ccc(NC(=O)c2ccccc2Cl)nn1. The minimum atomic E-state index is -0.305. The van der Waals surface area contributed by atoms with Crippen LogP contribution < -0.4 is 10.6 Å².